The molecule has 38 heavy (non-hydrogen) atoms. The van der Waals surface area contributed by atoms with Crippen LogP contribution in [-0.2, 0) is 11.3 Å². The maximum absolute atomic E-state index is 13.8. The van der Waals surface area contributed by atoms with Crippen molar-refractivity contribution in [1.82, 2.24) is 9.88 Å². The van der Waals surface area contributed by atoms with Crippen molar-refractivity contribution >= 4 is 22.6 Å². The van der Waals surface area contributed by atoms with Crippen molar-refractivity contribution in [2.75, 3.05) is 12.3 Å². The number of allylic oxidation sites excluding steroid dienone is 5. The highest BCUT2D eigenvalue weighted by atomic mass is 16.3. The zero-order valence-corrected chi connectivity index (χ0v) is 22.9. The maximum atomic E-state index is 13.8. The summed E-state index contributed by atoms with van der Waals surface area (Å²) in [6.07, 6.45) is 12.4. The smallest absolute Gasteiger partial charge is 0.228 e. The van der Waals surface area contributed by atoms with Crippen molar-refractivity contribution in [3.8, 4) is 0 Å². The number of hydrogen-bond donors (Lipinski definition) is 3. The van der Waals surface area contributed by atoms with Crippen LogP contribution in [0, 0.1) is 18.8 Å². The molecule has 1 aromatic heterocycles. The lowest BCUT2D eigenvalue weighted by Crippen LogP contribution is -2.39. The number of nitrogen functional groups attached to an aromatic ring is 1. The van der Waals surface area contributed by atoms with Gasteiger partial charge in [0.05, 0.1) is 24.1 Å². The number of hydrogen-bond acceptors (Lipinski definition) is 3. The molecule has 1 aliphatic carbocycles. The van der Waals surface area contributed by atoms with Crippen LogP contribution in [0.5, 0.6) is 0 Å². The second-order valence-corrected chi connectivity index (χ2v) is 10.6. The number of benzene rings is 2. The standard InChI is InChI=1S/C33H41N3O2/c1-4-5-11-24(3)32(33(38)35-29(22-37)27-15-8-10-23(2)19-27)26-14-9-12-25(17-18-26)21-36-30-16-7-6-13-28(30)20-31(36)34/h6-10,12-13,15-20,24,29,32,37H,4-5,11,14,21-22,34H2,1-3H3,(H,35,38)/t24?,29-,32?/m0/s1. The molecule has 200 valence electrons. The summed E-state index contributed by atoms with van der Waals surface area (Å²) in [6.45, 7) is 6.91. The number of aryl methyl sites for hydroxylation is 1. The number of fused-ring (bicyclic) bond motifs is 1. The van der Waals surface area contributed by atoms with Gasteiger partial charge in [-0.1, -0.05) is 105 Å². The SMILES string of the molecule is CCCCC(C)C(C(=O)N[C@@H](CO)c1cccc(C)c1)C1=CC=C(Cn2c(N)cc3ccccc32)C=CC1. The highest BCUT2D eigenvalue weighted by molar-refractivity contribution is 5.84. The van der Waals surface area contributed by atoms with Gasteiger partial charge in [-0.05, 0) is 49.0 Å². The molecule has 2 aromatic carbocycles. The predicted molar refractivity (Wildman–Crippen MR) is 158 cm³/mol. The van der Waals surface area contributed by atoms with Gasteiger partial charge in [0, 0.05) is 11.9 Å². The van der Waals surface area contributed by atoms with Crippen molar-refractivity contribution in [2.45, 2.75) is 59.0 Å². The summed E-state index contributed by atoms with van der Waals surface area (Å²) in [5.41, 5.74) is 11.7. The van der Waals surface area contributed by atoms with Crippen LogP contribution in [-0.4, -0.2) is 22.2 Å². The summed E-state index contributed by atoms with van der Waals surface area (Å²) in [5, 5.41) is 14.4. The molecule has 1 heterocycles. The molecule has 4 N–H and O–H groups in total. The molecule has 0 spiro atoms. The minimum absolute atomic E-state index is 0.0219. The third-order valence-electron chi connectivity index (χ3n) is 7.59. The topological polar surface area (TPSA) is 80.3 Å². The van der Waals surface area contributed by atoms with Crippen LogP contribution >= 0.6 is 0 Å². The number of nitrogens with zero attached hydrogens (tertiary/aromatic N) is 1. The molecule has 0 saturated carbocycles. The molecular weight excluding hydrogens is 470 g/mol. The molecule has 2 unspecified atom stereocenters. The Kier molecular flexibility index (Phi) is 9.24. The fourth-order valence-corrected chi connectivity index (χ4v) is 5.48. The molecule has 1 aliphatic rings. The van der Waals surface area contributed by atoms with Gasteiger partial charge in [0.25, 0.3) is 0 Å². The van der Waals surface area contributed by atoms with Gasteiger partial charge in [-0.25, -0.2) is 0 Å². The fourth-order valence-electron chi connectivity index (χ4n) is 5.48. The van der Waals surface area contributed by atoms with Crippen molar-refractivity contribution in [1.29, 1.82) is 0 Å². The largest absolute Gasteiger partial charge is 0.394 e. The number of aromatic nitrogens is 1. The van der Waals surface area contributed by atoms with E-state index in [-0.39, 0.29) is 24.3 Å². The number of aliphatic hydroxyl groups excluding tert-OH is 1. The number of nitrogens with two attached hydrogens (primary N) is 1. The second-order valence-electron chi connectivity index (χ2n) is 10.6. The summed E-state index contributed by atoms with van der Waals surface area (Å²) >= 11 is 0. The normalized spacial score (nSPS) is 15.9. The van der Waals surface area contributed by atoms with Crippen LogP contribution in [0.3, 0.4) is 0 Å². The van der Waals surface area contributed by atoms with Gasteiger partial charge in [0.15, 0.2) is 0 Å². The molecule has 1 amide bonds. The zero-order valence-electron chi connectivity index (χ0n) is 22.9. The molecule has 0 aliphatic heterocycles. The highest BCUT2D eigenvalue weighted by Gasteiger charge is 2.30. The van der Waals surface area contributed by atoms with E-state index in [1.807, 2.05) is 49.4 Å². The second kappa shape index (κ2) is 12.8. The van der Waals surface area contributed by atoms with Crippen molar-refractivity contribution in [3.05, 3.63) is 101 Å². The van der Waals surface area contributed by atoms with Gasteiger partial charge in [-0.2, -0.15) is 0 Å². The Labute approximate surface area is 226 Å². The number of anilines is 1. The average molecular weight is 512 g/mol. The van der Waals surface area contributed by atoms with Crippen molar-refractivity contribution in [3.63, 3.8) is 0 Å². The Bertz CT molecular complexity index is 1350. The highest BCUT2D eigenvalue weighted by Crippen LogP contribution is 2.31. The minimum atomic E-state index is -0.429. The number of nitrogens with one attached hydrogen (secondary N) is 1. The lowest BCUT2D eigenvalue weighted by molar-refractivity contribution is -0.126. The van der Waals surface area contributed by atoms with E-state index in [2.05, 4.69) is 60.2 Å². The molecule has 0 bridgehead atoms. The van der Waals surface area contributed by atoms with E-state index in [0.29, 0.717) is 13.0 Å². The van der Waals surface area contributed by atoms with E-state index >= 15 is 0 Å². The number of carbonyl (C=O) groups is 1. The third kappa shape index (κ3) is 6.46. The molecule has 0 radical (unpaired) electrons. The fraction of sp³-hybridized carbons (Fsp3) is 0.364. The lowest BCUT2D eigenvalue weighted by atomic mass is 9.81. The Balaban J connectivity index is 1.59. The Hall–Kier alpha value is -3.57. The monoisotopic (exact) mass is 511 g/mol. The number of rotatable bonds is 11. The van der Waals surface area contributed by atoms with Crippen LogP contribution in [0.4, 0.5) is 5.82 Å². The number of amides is 1. The molecule has 0 saturated heterocycles. The summed E-state index contributed by atoms with van der Waals surface area (Å²) in [4.78, 5) is 13.8. The third-order valence-corrected chi connectivity index (χ3v) is 7.59. The van der Waals surface area contributed by atoms with Crippen molar-refractivity contribution in [2.24, 2.45) is 11.8 Å². The predicted octanol–water partition coefficient (Wildman–Crippen LogP) is 6.64. The molecule has 3 atom stereocenters. The van der Waals surface area contributed by atoms with Crippen LogP contribution in [0.2, 0.25) is 0 Å². The van der Waals surface area contributed by atoms with E-state index in [1.54, 1.807) is 0 Å². The van der Waals surface area contributed by atoms with E-state index in [0.717, 1.165) is 58.3 Å². The van der Waals surface area contributed by atoms with Gasteiger partial charge in [-0.15, -0.1) is 0 Å². The molecule has 5 heteroatoms. The minimum Gasteiger partial charge on any atom is -0.394 e. The first-order valence-electron chi connectivity index (χ1n) is 13.8. The van der Waals surface area contributed by atoms with Crippen LogP contribution in [0.15, 0.2) is 90.0 Å². The molecular formula is C33H41N3O2. The Morgan fingerprint density at radius 1 is 1.13 bits per heavy atom. The first kappa shape index (κ1) is 27.5. The zero-order chi connectivity index (χ0) is 27.1. The molecule has 4 rings (SSSR count). The Morgan fingerprint density at radius 3 is 2.71 bits per heavy atom. The lowest BCUT2D eigenvalue weighted by Gasteiger charge is -2.28. The maximum Gasteiger partial charge on any atom is 0.228 e. The first-order chi connectivity index (χ1) is 18.4. The van der Waals surface area contributed by atoms with Gasteiger partial charge in [-0.3, -0.25) is 4.79 Å². The van der Waals surface area contributed by atoms with E-state index in [4.69, 9.17) is 5.73 Å². The van der Waals surface area contributed by atoms with Gasteiger partial charge < -0.3 is 20.7 Å². The first-order valence-corrected chi connectivity index (χ1v) is 13.8. The molecule has 0 fully saturated rings. The molecule has 3 aromatic rings. The van der Waals surface area contributed by atoms with Gasteiger partial charge in [0.1, 0.15) is 5.82 Å². The van der Waals surface area contributed by atoms with Crippen molar-refractivity contribution < 1.29 is 9.90 Å². The van der Waals surface area contributed by atoms with E-state index in [1.165, 1.54) is 0 Å². The number of carbonyl (C=O) groups excluding carboxylic acids is 1. The summed E-state index contributed by atoms with van der Waals surface area (Å²) in [6, 6.07) is 17.8. The number of aliphatic hydroxyl groups is 1. The summed E-state index contributed by atoms with van der Waals surface area (Å²) in [7, 11) is 0. The number of para-hydroxylation sites is 1. The quantitative estimate of drug-likeness (QED) is 0.270. The van der Waals surface area contributed by atoms with E-state index < -0.39 is 6.04 Å². The van der Waals surface area contributed by atoms with Gasteiger partial charge >= 0.3 is 0 Å². The van der Waals surface area contributed by atoms with Crippen LogP contribution < -0.4 is 11.1 Å². The van der Waals surface area contributed by atoms with E-state index in [9.17, 15) is 9.90 Å². The summed E-state index contributed by atoms with van der Waals surface area (Å²) < 4.78 is 2.13. The average Bonchev–Trinajstić information content (AvgIpc) is 3.06. The summed E-state index contributed by atoms with van der Waals surface area (Å²) in [5.74, 6) is 0.639. The number of unbranched alkanes of at least 4 members (excludes halogenated alkanes) is 1. The van der Waals surface area contributed by atoms with Gasteiger partial charge in [0.2, 0.25) is 5.91 Å². The Morgan fingerprint density at radius 2 is 1.95 bits per heavy atom. The molecule has 5 nitrogen and oxygen atoms in total. The van der Waals surface area contributed by atoms with Crippen LogP contribution in [0.25, 0.3) is 10.9 Å². The van der Waals surface area contributed by atoms with Crippen LogP contribution in [0.1, 0.15) is 56.7 Å².